The third-order valence-electron chi connectivity index (χ3n) is 2.81. The van der Waals surface area contributed by atoms with Gasteiger partial charge in [-0.15, -0.1) is 0 Å². The quantitative estimate of drug-likeness (QED) is 0.843. The monoisotopic (exact) mass is 235 g/mol. The van der Waals surface area contributed by atoms with Crippen LogP contribution in [-0.2, 0) is 6.42 Å². The van der Waals surface area contributed by atoms with Crippen LogP contribution < -0.4 is 0 Å². The van der Waals surface area contributed by atoms with Crippen molar-refractivity contribution < 1.29 is 14.4 Å². The molecule has 0 atom stereocenters. The zero-order valence-corrected chi connectivity index (χ0v) is 9.87. The van der Waals surface area contributed by atoms with Crippen LogP contribution in [0.3, 0.4) is 0 Å². The molecular weight excluding hydrogens is 222 g/mol. The third-order valence-corrected chi connectivity index (χ3v) is 2.81. The number of H-pyrrole nitrogens is 1. The molecule has 0 bridgehead atoms. The van der Waals surface area contributed by atoms with Crippen molar-refractivity contribution in [3.8, 4) is 0 Å². The summed E-state index contributed by atoms with van der Waals surface area (Å²) in [6.45, 7) is 5.44. The van der Waals surface area contributed by atoms with Crippen molar-refractivity contribution in [2.75, 3.05) is 0 Å². The fourth-order valence-corrected chi connectivity index (χ4v) is 1.78. The van der Waals surface area contributed by atoms with Crippen LogP contribution in [0.4, 0.5) is 0 Å². The molecule has 0 unspecified atom stereocenters. The van der Waals surface area contributed by atoms with Gasteiger partial charge >= 0.3 is 5.97 Å². The smallest absolute Gasteiger partial charge is 0.356 e. The number of carboxylic acids is 1. The third kappa shape index (κ3) is 1.93. The number of carbonyl (C=O) groups is 1. The van der Waals surface area contributed by atoms with E-state index in [2.05, 4.69) is 15.4 Å². The fraction of sp³-hybridized carbons (Fsp3) is 0.364. The van der Waals surface area contributed by atoms with E-state index in [1.165, 1.54) is 0 Å². The molecule has 0 saturated heterocycles. The number of nitrogens with zero attached hydrogens (tertiary/aromatic N) is 2. The molecule has 0 saturated carbocycles. The lowest BCUT2D eigenvalue weighted by molar-refractivity contribution is 0.0689. The average Bonchev–Trinajstić information content (AvgIpc) is 2.77. The second kappa shape index (κ2) is 4.04. The van der Waals surface area contributed by atoms with Crippen LogP contribution in [0.5, 0.6) is 0 Å². The minimum absolute atomic E-state index is 0.0579. The van der Waals surface area contributed by atoms with Crippen molar-refractivity contribution in [2.45, 2.75) is 27.2 Å². The Balaban J connectivity index is 2.43. The molecule has 6 nitrogen and oxygen atoms in total. The first-order valence-electron chi connectivity index (χ1n) is 5.19. The number of hydrogen-bond donors (Lipinski definition) is 2. The molecule has 0 amide bonds. The molecule has 90 valence electrons. The van der Waals surface area contributed by atoms with Gasteiger partial charge in [0.15, 0.2) is 5.69 Å². The fourth-order valence-electron chi connectivity index (χ4n) is 1.78. The van der Waals surface area contributed by atoms with E-state index in [1.54, 1.807) is 6.92 Å². The molecular formula is C11H13N3O3. The Morgan fingerprint density at radius 3 is 2.59 bits per heavy atom. The first-order valence-corrected chi connectivity index (χ1v) is 5.19. The van der Waals surface area contributed by atoms with E-state index in [0.717, 1.165) is 17.0 Å². The minimum atomic E-state index is -1.03. The predicted octanol–water partition coefficient (Wildman–Crippen LogP) is 1.61. The van der Waals surface area contributed by atoms with Gasteiger partial charge < -0.3 is 9.63 Å². The normalized spacial score (nSPS) is 10.8. The standard InChI is InChI=1S/C11H13N3O3/c1-5-9(10(11(15)16)13-12-5)4-8-6(2)14-17-7(8)3/h4H2,1-3H3,(H,12,13)(H,15,16). The molecule has 0 spiro atoms. The topological polar surface area (TPSA) is 92.0 Å². The van der Waals surface area contributed by atoms with Gasteiger partial charge in [0.1, 0.15) is 5.76 Å². The molecule has 2 rings (SSSR count). The maximum absolute atomic E-state index is 11.0. The zero-order chi connectivity index (χ0) is 12.6. The molecule has 6 heteroatoms. The Labute approximate surface area is 97.6 Å². The Bertz CT molecular complexity index is 549. The van der Waals surface area contributed by atoms with E-state index < -0.39 is 5.97 Å². The number of aromatic carboxylic acids is 1. The predicted molar refractivity (Wildman–Crippen MR) is 59.1 cm³/mol. The molecule has 0 aliphatic heterocycles. The number of carboxylic acid groups (broad SMARTS) is 1. The summed E-state index contributed by atoms with van der Waals surface area (Å²) in [7, 11) is 0. The van der Waals surface area contributed by atoms with Gasteiger partial charge in [-0.05, 0) is 20.8 Å². The zero-order valence-electron chi connectivity index (χ0n) is 9.87. The summed E-state index contributed by atoms with van der Waals surface area (Å²) in [5.74, 6) is -0.324. The molecule has 2 heterocycles. The van der Waals surface area contributed by atoms with Crippen LogP contribution in [0, 0.1) is 20.8 Å². The maximum atomic E-state index is 11.0. The van der Waals surface area contributed by atoms with Crippen molar-refractivity contribution in [1.82, 2.24) is 15.4 Å². The van der Waals surface area contributed by atoms with Gasteiger partial charge in [-0.3, -0.25) is 5.10 Å². The van der Waals surface area contributed by atoms with Crippen LogP contribution in [0.2, 0.25) is 0 Å². The summed E-state index contributed by atoms with van der Waals surface area (Å²) < 4.78 is 5.06. The molecule has 0 aliphatic carbocycles. The van der Waals surface area contributed by atoms with Crippen LogP contribution in [-0.4, -0.2) is 26.4 Å². The molecule has 0 fully saturated rings. The average molecular weight is 235 g/mol. The number of aromatic amines is 1. The van der Waals surface area contributed by atoms with Crippen LogP contribution in [0.25, 0.3) is 0 Å². The van der Waals surface area contributed by atoms with Gasteiger partial charge in [-0.1, -0.05) is 5.16 Å². The highest BCUT2D eigenvalue weighted by molar-refractivity contribution is 5.87. The van der Waals surface area contributed by atoms with E-state index >= 15 is 0 Å². The van der Waals surface area contributed by atoms with E-state index in [1.807, 2.05) is 13.8 Å². The second-order valence-corrected chi connectivity index (χ2v) is 3.96. The summed E-state index contributed by atoms with van der Waals surface area (Å²) in [4.78, 5) is 11.0. The van der Waals surface area contributed by atoms with Gasteiger partial charge in [0.05, 0.1) is 5.69 Å². The first-order chi connectivity index (χ1) is 8.00. The lowest BCUT2D eigenvalue weighted by atomic mass is 10.0. The number of nitrogens with one attached hydrogen (secondary N) is 1. The minimum Gasteiger partial charge on any atom is -0.476 e. The molecule has 0 aliphatic rings. The maximum Gasteiger partial charge on any atom is 0.356 e. The Hall–Kier alpha value is -2.11. The molecule has 2 N–H and O–H groups in total. The molecule has 0 radical (unpaired) electrons. The highest BCUT2D eigenvalue weighted by atomic mass is 16.5. The summed E-state index contributed by atoms with van der Waals surface area (Å²) in [6, 6.07) is 0. The Morgan fingerprint density at radius 2 is 2.06 bits per heavy atom. The van der Waals surface area contributed by atoms with Gasteiger partial charge in [0.25, 0.3) is 0 Å². The summed E-state index contributed by atoms with van der Waals surface area (Å²) in [5, 5.41) is 19.3. The van der Waals surface area contributed by atoms with Gasteiger partial charge in [-0.2, -0.15) is 5.10 Å². The van der Waals surface area contributed by atoms with Gasteiger partial charge in [0.2, 0.25) is 0 Å². The Kier molecular flexibility index (Phi) is 2.71. The van der Waals surface area contributed by atoms with Crippen LogP contribution in [0.15, 0.2) is 4.52 Å². The first kappa shape index (κ1) is 11.4. The largest absolute Gasteiger partial charge is 0.476 e. The number of rotatable bonds is 3. The summed E-state index contributed by atoms with van der Waals surface area (Å²) >= 11 is 0. The Morgan fingerprint density at radius 1 is 1.35 bits per heavy atom. The van der Waals surface area contributed by atoms with Gasteiger partial charge in [-0.25, -0.2) is 4.79 Å². The van der Waals surface area contributed by atoms with Crippen molar-refractivity contribution in [3.63, 3.8) is 0 Å². The second-order valence-electron chi connectivity index (χ2n) is 3.96. The lowest BCUT2D eigenvalue weighted by Crippen LogP contribution is -2.03. The number of aryl methyl sites for hydroxylation is 3. The van der Waals surface area contributed by atoms with Crippen molar-refractivity contribution in [3.05, 3.63) is 34.0 Å². The highest BCUT2D eigenvalue weighted by Crippen LogP contribution is 2.21. The van der Waals surface area contributed by atoms with Crippen molar-refractivity contribution in [1.29, 1.82) is 0 Å². The lowest BCUT2D eigenvalue weighted by Gasteiger charge is -2.00. The number of hydrogen-bond acceptors (Lipinski definition) is 4. The summed E-state index contributed by atoms with van der Waals surface area (Å²) in [6.07, 6.45) is 0.463. The van der Waals surface area contributed by atoms with Gasteiger partial charge in [0, 0.05) is 23.2 Å². The molecule has 17 heavy (non-hydrogen) atoms. The van der Waals surface area contributed by atoms with E-state index in [9.17, 15) is 4.79 Å². The molecule has 2 aromatic heterocycles. The number of aromatic nitrogens is 3. The SMILES string of the molecule is Cc1noc(C)c1Cc1c(C(=O)O)n[nH]c1C. The molecule has 2 aromatic rings. The highest BCUT2D eigenvalue weighted by Gasteiger charge is 2.19. The summed E-state index contributed by atoms with van der Waals surface area (Å²) in [5.41, 5.74) is 3.17. The van der Waals surface area contributed by atoms with Crippen LogP contribution >= 0.6 is 0 Å². The van der Waals surface area contributed by atoms with E-state index in [4.69, 9.17) is 9.63 Å². The molecule has 0 aromatic carbocycles. The van der Waals surface area contributed by atoms with Crippen LogP contribution in [0.1, 0.15) is 38.8 Å². The van der Waals surface area contributed by atoms with E-state index in [-0.39, 0.29) is 5.69 Å². The van der Waals surface area contributed by atoms with Crippen molar-refractivity contribution in [2.24, 2.45) is 0 Å². The van der Waals surface area contributed by atoms with E-state index in [0.29, 0.717) is 17.7 Å². The van der Waals surface area contributed by atoms with Crippen molar-refractivity contribution >= 4 is 5.97 Å².